The molecule has 0 unspecified atom stereocenters. The molecule has 0 aliphatic heterocycles. The first-order valence-corrected chi connectivity index (χ1v) is 10.5. The molecule has 1 saturated carbocycles. The number of thioether (sulfide) groups is 1. The van der Waals surface area contributed by atoms with Gasteiger partial charge in [0.05, 0.1) is 5.75 Å². The first kappa shape index (κ1) is 17.7. The largest absolute Gasteiger partial charge is 0.352 e. The van der Waals surface area contributed by atoms with Crippen molar-refractivity contribution in [3.8, 4) is 0 Å². The zero-order valence-corrected chi connectivity index (χ0v) is 16.2. The van der Waals surface area contributed by atoms with Crippen molar-refractivity contribution in [2.75, 3.05) is 5.75 Å². The van der Waals surface area contributed by atoms with Gasteiger partial charge in [-0.3, -0.25) is 4.79 Å². The van der Waals surface area contributed by atoms with Gasteiger partial charge in [0.15, 0.2) is 0 Å². The van der Waals surface area contributed by atoms with Crippen LogP contribution < -0.4 is 5.32 Å². The van der Waals surface area contributed by atoms with E-state index in [1.54, 1.807) is 17.7 Å². The lowest BCUT2D eigenvalue weighted by Gasteiger charge is -2.34. The van der Waals surface area contributed by atoms with Crippen molar-refractivity contribution >= 4 is 39.2 Å². The minimum Gasteiger partial charge on any atom is -0.352 e. The van der Waals surface area contributed by atoms with Crippen molar-refractivity contribution < 1.29 is 4.79 Å². The first-order valence-electron chi connectivity index (χ1n) is 8.74. The molecule has 1 amide bonds. The van der Waals surface area contributed by atoms with Crippen LogP contribution in [0.1, 0.15) is 44.9 Å². The van der Waals surface area contributed by atoms with E-state index in [-0.39, 0.29) is 5.91 Å². The topological polar surface area (TPSA) is 54.9 Å². The van der Waals surface area contributed by atoms with E-state index in [0.717, 1.165) is 28.1 Å². The number of rotatable bonds is 5. The molecule has 1 N–H and O–H groups in total. The number of hydrogen-bond donors (Lipinski definition) is 1. The SMILES string of the molecule is CCc1cc2c(SCC(=O)N[C@H]3CCC[C@H](C)[C@@H]3C)ncnc2s1. The molecule has 2 heterocycles. The third kappa shape index (κ3) is 3.91. The van der Waals surface area contributed by atoms with Crippen LogP contribution in [-0.2, 0) is 11.2 Å². The van der Waals surface area contributed by atoms with Gasteiger partial charge in [-0.05, 0) is 30.7 Å². The van der Waals surface area contributed by atoms with E-state index in [1.807, 2.05) is 0 Å². The Morgan fingerprint density at radius 3 is 3.00 bits per heavy atom. The number of hydrogen-bond acceptors (Lipinski definition) is 5. The molecule has 3 rings (SSSR count). The van der Waals surface area contributed by atoms with Gasteiger partial charge in [-0.1, -0.05) is 45.4 Å². The molecule has 1 aliphatic rings. The van der Waals surface area contributed by atoms with E-state index in [4.69, 9.17) is 0 Å². The zero-order chi connectivity index (χ0) is 17.1. The van der Waals surface area contributed by atoms with Gasteiger partial charge in [-0.15, -0.1) is 11.3 Å². The Bertz CT molecular complexity index is 715. The molecule has 0 bridgehead atoms. The highest BCUT2D eigenvalue weighted by Gasteiger charge is 2.28. The summed E-state index contributed by atoms with van der Waals surface area (Å²) in [6.45, 7) is 6.69. The fourth-order valence-corrected chi connectivity index (χ4v) is 5.12. The number of carbonyl (C=O) groups excluding carboxylic acids is 1. The second-order valence-electron chi connectivity index (χ2n) is 6.69. The zero-order valence-electron chi connectivity index (χ0n) is 14.5. The van der Waals surface area contributed by atoms with Crippen LogP contribution in [0.4, 0.5) is 0 Å². The number of aromatic nitrogens is 2. The summed E-state index contributed by atoms with van der Waals surface area (Å²) in [5.74, 6) is 1.78. The molecular weight excluding hydrogens is 338 g/mol. The Labute approximate surface area is 151 Å². The average Bonchev–Trinajstić information content (AvgIpc) is 3.01. The average molecular weight is 364 g/mol. The standard InChI is InChI=1S/C18H25N3OS2/c1-4-13-8-14-17(19-10-20-18(14)24-13)23-9-16(22)21-15-7-5-6-11(2)12(15)3/h8,10-12,15H,4-7,9H2,1-3H3,(H,21,22)/t11-,12-,15-/m0/s1. The maximum absolute atomic E-state index is 12.4. The molecule has 130 valence electrons. The summed E-state index contributed by atoms with van der Waals surface area (Å²) in [7, 11) is 0. The molecular formula is C18H25N3OS2. The Morgan fingerprint density at radius 1 is 1.38 bits per heavy atom. The van der Waals surface area contributed by atoms with Gasteiger partial charge in [0.1, 0.15) is 16.2 Å². The second-order valence-corrected chi connectivity index (χ2v) is 8.77. The molecule has 3 atom stereocenters. The Kier molecular flexibility index (Phi) is 5.76. The summed E-state index contributed by atoms with van der Waals surface area (Å²) >= 11 is 3.23. The van der Waals surface area contributed by atoms with Crippen molar-refractivity contribution in [3.63, 3.8) is 0 Å². The number of amides is 1. The van der Waals surface area contributed by atoms with Gasteiger partial charge in [-0.2, -0.15) is 0 Å². The van der Waals surface area contributed by atoms with E-state index < -0.39 is 0 Å². The smallest absolute Gasteiger partial charge is 0.230 e. The highest BCUT2D eigenvalue weighted by molar-refractivity contribution is 8.00. The third-order valence-electron chi connectivity index (χ3n) is 5.09. The number of nitrogens with one attached hydrogen (secondary N) is 1. The van der Waals surface area contributed by atoms with Crippen molar-refractivity contribution in [1.29, 1.82) is 0 Å². The lowest BCUT2D eigenvalue weighted by atomic mass is 9.78. The molecule has 2 aromatic heterocycles. The number of thiophene rings is 1. The fraction of sp³-hybridized carbons (Fsp3) is 0.611. The Balaban J connectivity index is 1.61. The first-order chi connectivity index (χ1) is 11.6. The van der Waals surface area contributed by atoms with Crippen LogP contribution in [-0.4, -0.2) is 27.7 Å². The summed E-state index contributed by atoms with van der Waals surface area (Å²) in [6.07, 6.45) is 6.20. The van der Waals surface area contributed by atoms with Crippen LogP contribution >= 0.6 is 23.1 Å². The van der Waals surface area contributed by atoms with E-state index in [0.29, 0.717) is 23.6 Å². The maximum atomic E-state index is 12.4. The van der Waals surface area contributed by atoms with Gasteiger partial charge in [0.25, 0.3) is 0 Å². The van der Waals surface area contributed by atoms with Crippen molar-refractivity contribution in [1.82, 2.24) is 15.3 Å². The van der Waals surface area contributed by atoms with E-state index in [2.05, 4.69) is 42.1 Å². The van der Waals surface area contributed by atoms with Gasteiger partial charge in [0, 0.05) is 16.3 Å². The third-order valence-corrected chi connectivity index (χ3v) is 7.28. The van der Waals surface area contributed by atoms with Crippen LogP contribution in [0.15, 0.2) is 17.4 Å². The van der Waals surface area contributed by atoms with Crippen LogP contribution in [0.3, 0.4) is 0 Å². The van der Waals surface area contributed by atoms with Gasteiger partial charge < -0.3 is 5.32 Å². The van der Waals surface area contributed by atoms with Crippen LogP contribution in [0.2, 0.25) is 0 Å². The summed E-state index contributed by atoms with van der Waals surface area (Å²) in [5.41, 5.74) is 0. The molecule has 0 radical (unpaired) electrons. The summed E-state index contributed by atoms with van der Waals surface area (Å²) < 4.78 is 0. The van der Waals surface area contributed by atoms with E-state index in [9.17, 15) is 4.79 Å². The minimum absolute atomic E-state index is 0.114. The number of fused-ring (bicyclic) bond motifs is 1. The van der Waals surface area contributed by atoms with Gasteiger partial charge >= 0.3 is 0 Å². The quantitative estimate of drug-likeness (QED) is 0.636. The van der Waals surface area contributed by atoms with E-state index in [1.165, 1.54) is 29.5 Å². The summed E-state index contributed by atoms with van der Waals surface area (Å²) in [5, 5.41) is 5.23. The Morgan fingerprint density at radius 2 is 2.21 bits per heavy atom. The molecule has 1 fully saturated rings. The molecule has 0 aromatic carbocycles. The molecule has 0 saturated heterocycles. The van der Waals surface area contributed by atoms with Crippen molar-refractivity contribution in [2.24, 2.45) is 11.8 Å². The molecule has 0 spiro atoms. The fourth-order valence-electron chi connectivity index (χ4n) is 3.34. The van der Waals surface area contributed by atoms with Crippen LogP contribution in [0.5, 0.6) is 0 Å². The lowest BCUT2D eigenvalue weighted by molar-refractivity contribution is -0.119. The predicted octanol–water partition coefficient (Wildman–Crippen LogP) is 4.29. The Hall–Kier alpha value is -1.14. The summed E-state index contributed by atoms with van der Waals surface area (Å²) in [4.78, 5) is 23.4. The minimum atomic E-state index is 0.114. The van der Waals surface area contributed by atoms with E-state index >= 15 is 0 Å². The van der Waals surface area contributed by atoms with Crippen molar-refractivity contribution in [2.45, 2.75) is 57.5 Å². The highest BCUT2D eigenvalue weighted by Crippen LogP contribution is 2.32. The van der Waals surface area contributed by atoms with Gasteiger partial charge in [-0.25, -0.2) is 9.97 Å². The molecule has 6 heteroatoms. The van der Waals surface area contributed by atoms with Crippen LogP contribution in [0.25, 0.3) is 10.2 Å². The molecule has 1 aliphatic carbocycles. The monoisotopic (exact) mass is 363 g/mol. The lowest BCUT2D eigenvalue weighted by Crippen LogP contribution is -2.44. The number of nitrogens with zero attached hydrogens (tertiary/aromatic N) is 2. The number of carbonyl (C=O) groups is 1. The highest BCUT2D eigenvalue weighted by atomic mass is 32.2. The van der Waals surface area contributed by atoms with Crippen molar-refractivity contribution in [3.05, 3.63) is 17.3 Å². The molecule has 24 heavy (non-hydrogen) atoms. The van der Waals surface area contributed by atoms with Crippen LogP contribution in [0, 0.1) is 11.8 Å². The van der Waals surface area contributed by atoms with Gasteiger partial charge in [0.2, 0.25) is 5.91 Å². The maximum Gasteiger partial charge on any atom is 0.230 e. The number of aryl methyl sites for hydroxylation is 1. The normalized spacial score (nSPS) is 24.2. The summed E-state index contributed by atoms with van der Waals surface area (Å²) in [6, 6.07) is 2.48. The second kappa shape index (κ2) is 7.83. The predicted molar refractivity (Wildman–Crippen MR) is 102 cm³/mol. The molecule has 2 aromatic rings. The molecule has 4 nitrogen and oxygen atoms in total.